The van der Waals surface area contributed by atoms with Crippen molar-refractivity contribution in [3.05, 3.63) is 84.1 Å². The van der Waals surface area contributed by atoms with Crippen LogP contribution in [0.4, 0.5) is 10.1 Å². The van der Waals surface area contributed by atoms with E-state index >= 15 is 0 Å². The van der Waals surface area contributed by atoms with E-state index in [2.05, 4.69) is 5.32 Å². The zero-order valence-electron chi connectivity index (χ0n) is 13.4. The third kappa shape index (κ3) is 4.36. The maximum atomic E-state index is 13.9. The maximum Gasteiger partial charge on any atom is 0.174 e. The van der Waals surface area contributed by atoms with Crippen LogP contribution in [-0.2, 0) is 13.1 Å². The topological polar surface area (TPSA) is 48.6 Å². The summed E-state index contributed by atoms with van der Waals surface area (Å²) < 4.78 is 19.3. The summed E-state index contributed by atoms with van der Waals surface area (Å²) in [6.45, 7) is 0.745. The number of rotatable bonds is 5. The number of phenolic OH excluding ortho intramolecular Hbond substituents is 1. The van der Waals surface area contributed by atoms with Gasteiger partial charge in [-0.1, -0.05) is 30.3 Å². The van der Waals surface area contributed by atoms with Crippen molar-refractivity contribution < 1.29 is 13.9 Å². The summed E-state index contributed by atoms with van der Waals surface area (Å²) in [5.41, 5.74) is 1.01. The predicted octanol–water partition coefficient (Wildman–Crippen LogP) is 4.52. The molecule has 1 aromatic heterocycles. The molecule has 4 nitrogen and oxygen atoms in total. The van der Waals surface area contributed by atoms with Gasteiger partial charge in [0.2, 0.25) is 0 Å². The Hall–Kier alpha value is -2.86. The van der Waals surface area contributed by atoms with Crippen LogP contribution in [-0.4, -0.2) is 15.1 Å². The molecule has 0 atom stereocenters. The Labute approximate surface area is 150 Å². The van der Waals surface area contributed by atoms with Crippen molar-refractivity contribution in [3.8, 4) is 5.75 Å². The molecule has 3 aromatic rings. The number of phenols is 1. The van der Waals surface area contributed by atoms with Crippen molar-refractivity contribution >= 4 is 23.0 Å². The highest BCUT2D eigenvalue weighted by Crippen LogP contribution is 2.21. The molecule has 2 N–H and O–H groups in total. The van der Waals surface area contributed by atoms with Crippen molar-refractivity contribution in [2.75, 3.05) is 5.32 Å². The minimum Gasteiger partial charge on any atom is -0.508 e. The minimum atomic E-state index is -0.384. The fraction of sp³-hybridized carbons (Fsp3) is 0.105. The molecule has 1 heterocycles. The van der Waals surface area contributed by atoms with Gasteiger partial charge in [0.15, 0.2) is 5.11 Å². The molecule has 0 saturated heterocycles. The van der Waals surface area contributed by atoms with Gasteiger partial charge in [-0.2, -0.15) is 0 Å². The fourth-order valence-corrected chi connectivity index (χ4v) is 2.64. The van der Waals surface area contributed by atoms with E-state index in [4.69, 9.17) is 16.6 Å². The molecule has 0 saturated carbocycles. The molecule has 25 heavy (non-hydrogen) atoms. The predicted molar refractivity (Wildman–Crippen MR) is 98.7 cm³/mol. The molecule has 0 bridgehead atoms. The molecular weight excluding hydrogens is 339 g/mol. The Morgan fingerprint density at radius 2 is 1.80 bits per heavy atom. The molecule has 0 amide bonds. The second-order valence-corrected chi connectivity index (χ2v) is 5.86. The molecule has 0 aliphatic carbocycles. The first-order valence-electron chi connectivity index (χ1n) is 7.73. The van der Waals surface area contributed by atoms with Crippen LogP contribution in [0.2, 0.25) is 0 Å². The summed E-state index contributed by atoms with van der Waals surface area (Å²) in [4.78, 5) is 1.80. The van der Waals surface area contributed by atoms with E-state index < -0.39 is 0 Å². The first-order valence-corrected chi connectivity index (χ1v) is 8.14. The molecule has 128 valence electrons. The molecule has 0 fully saturated rings. The van der Waals surface area contributed by atoms with E-state index in [1.165, 1.54) is 6.07 Å². The van der Waals surface area contributed by atoms with Gasteiger partial charge >= 0.3 is 0 Å². The smallest absolute Gasteiger partial charge is 0.174 e. The molecular formula is C19H17FN2O2S. The van der Waals surface area contributed by atoms with Crippen LogP contribution in [0.25, 0.3) is 0 Å². The molecule has 3 rings (SSSR count). The Bertz CT molecular complexity index is 852. The van der Waals surface area contributed by atoms with Gasteiger partial charge in [0.25, 0.3) is 0 Å². The van der Waals surface area contributed by atoms with E-state index in [1.54, 1.807) is 47.6 Å². The number of nitrogens with one attached hydrogen (secondary N) is 1. The van der Waals surface area contributed by atoms with Crippen LogP contribution in [0.1, 0.15) is 11.3 Å². The summed E-state index contributed by atoms with van der Waals surface area (Å²) >= 11 is 5.46. The zero-order valence-corrected chi connectivity index (χ0v) is 14.2. The number of benzene rings is 2. The van der Waals surface area contributed by atoms with E-state index in [0.29, 0.717) is 35.2 Å². The normalized spacial score (nSPS) is 10.4. The van der Waals surface area contributed by atoms with Gasteiger partial charge in [-0.3, -0.25) is 0 Å². The highest BCUT2D eigenvalue weighted by molar-refractivity contribution is 7.80. The van der Waals surface area contributed by atoms with Gasteiger partial charge in [0.1, 0.15) is 17.3 Å². The third-order valence-corrected chi connectivity index (χ3v) is 4.04. The fourth-order valence-electron chi connectivity index (χ4n) is 2.40. The number of nitrogens with zero attached hydrogens (tertiary/aromatic N) is 1. The van der Waals surface area contributed by atoms with Crippen LogP contribution < -0.4 is 5.32 Å². The summed E-state index contributed by atoms with van der Waals surface area (Å²) in [6.07, 6.45) is 1.58. The molecule has 6 heteroatoms. The van der Waals surface area contributed by atoms with E-state index in [-0.39, 0.29) is 11.6 Å². The van der Waals surface area contributed by atoms with Crippen LogP contribution in [0.5, 0.6) is 5.75 Å². The quantitative estimate of drug-likeness (QED) is 0.658. The lowest BCUT2D eigenvalue weighted by molar-refractivity contribution is 0.353. The number of anilines is 1. The Balaban J connectivity index is 1.81. The first-order chi connectivity index (χ1) is 12.1. The number of aromatic hydroxyl groups is 1. The van der Waals surface area contributed by atoms with Gasteiger partial charge < -0.3 is 19.7 Å². The molecule has 2 aromatic carbocycles. The van der Waals surface area contributed by atoms with E-state index in [0.717, 1.165) is 0 Å². The van der Waals surface area contributed by atoms with Crippen molar-refractivity contribution in [2.45, 2.75) is 13.1 Å². The first kappa shape index (κ1) is 17.0. The maximum absolute atomic E-state index is 13.9. The molecule has 0 aliphatic rings. The lowest BCUT2D eigenvalue weighted by Crippen LogP contribution is -2.34. The second-order valence-electron chi connectivity index (χ2n) is 5.47. The van der Waals surface area contributed by atoms with E-state index in [9.17, 15) is 9.50 Å². The van der Waals surface area contributed by atoms with Gasteiger partial charge in [-0.05, 0) is 42.5 Å². The van der Waals surface area contributed by atoms with Crippen LogP contribution >= 0.6 is 12.2 Å². The summed E-state index contributed by atoms with van der Waals surface area (Å²) in [7, 11) is 0. The Kier molecular flexibility index (Phi) is 5.30. The summed E-state index contributed by atoms with van der Waals surface area (Å²) in [5, 5.41) is 13.3. The SMILES string of the molecule is Oc1ccccc1CN(Cc1ccco1)C(=S)Nc1ccccc1F. The zero-order chi connectivity index (χ0) is 17.6. The van der Waals surface area contributed by atoms with Crippen molar-refractivity contribution in [1.29, 1.82) is 0 Å². The second kappa shape index (κ2) is 7.81. The number of hydrogen-bond acceptors (Lipinski definition) is 3. The number of furan rings is 1. The largest absolute Gasteiger partial charge is 0.508 e. The van der Waals surface area contributed by atoms with Gasteiger partial charge in [-0.15, -0.1) is 0 Å². The van der Waals surface area contributed by atoms with Gasteiger partial charge in [0.05, 0.1) is 18.5 Å². The number of para-hydroxylation sites is 2. The molecule has 0 radical (unpaired) electrons. The van der Waals surface area contributed by atoms with Crippen molar-refractivity contribution in [3.63, 3.8) is 0 Å². The average molecular weight is 356 g/mol. The number of hydrogen-bond donors (Lipinski definition) is 2. The highest BCUT2D eigenvalue weighted by atomic mass is 32.1. The Morgan fingerprint density at radius 3 is 2.52 bits per heavy atom. The van der Waals surface area contributed by atoms with Gasteiger partial charge in [0, 0.05) is 12.1 Å². The standard InChI is InChI=1S/C19H17FN2O2S/c20-16-8-2-3-9-17(16)21-19(25)22(13-15-7-5-11-24-15)12-14-6-1-4-10-18(14)23/h1-11,23H,12-13H2,(H,21,25). The lowest BCUT2D eigenvalue weighted by atomic mass is 10.2. The molecule has 0 spiro atoms. The Morgan fingerprint density at radius 1 is 1.04 bits per heavy atom. The molecule has 0 aliphatic heterocycles. The van der Waals surface area contributed by atoms with Gasteiger partial charge in [-0.25, -0.2) is 4.39 Å². The van der Waals surface area contributed by atoms with Crippen LogP contribution in [0.15, 0.2) is 71.3 Å². The number of halogens is 1. The monoisotopic (exact) mass is 356 g/mol. The van der Waals surface area contributed by atoms with Crippen LogP contribution in [0.3, 0.4) is 0 Å². The average Bonchev–Trinajstić information content (AvgIpc) is 3.11. The molecule has 0 unspecified atom stereocenters. The third-order valence-electron chi connectivity index (χ3n) is 3.68. The van der Waals surface area contributed by atoms with Crippen molar-refractivity contribution in [1.82, 2.24) is 4.90 Å². The number of thiocarbonyl (C=S) groups is 1. The minimum absolute atomic E-state index is 0.181. The highest BCUT2D eigenvalue weighted by Gasteiger charge is 2.15. The van der Waals surface area contributed by atoms with E-state index in [1.807, 2.05) is 18.2 Å². The van der Waals surface area contributed by atoms with Crippen molar-refractivity contribution in [2.24, 2.45) is 0 Å². The lowest BCUT2D eigenvalue weighted by Gasteiger charge is -2.25. The van der Waals surface area contributed by atoms with Crippen LogP contribution in [0, 0.1) is 5.82 Å². The summed E-state index contributed by atoms with van der Waals surface area (Å²) in [5.74, 6) is 0.513. The summed E-state index contributed by atoms with van der Waals surface area (Å²) in [6, 6.07) is 17.0.